The number of benzene rings is 1. The highest BCUT2D eigenvalue weighted by Crippen LogP contribution is 2.11. The molecule has 88 valence electrons. The van der Waals surface area contributed by atoms with Gasteiger partial charge in [0.25, 0.3) is 0 Å². The average molecular weight is 221 g/mol. The molecule has 0 spiro atoms. The van der Waals surface area contributed by atoms with Gasteiger partial charge in [-0.3, -0.25) is 4.84 Å². The summed E-state index contributed by atoms with van der Waals surface area (Å²) in [5.74, 6) is 0. The molecule has 1 aromatic rings. The van der Waals surface area contributed by atoms with Crippen LogP contribution in [0.5, 0.6) is 0 Å². The largest absolute Gasteiger partial charge is 0.377 e. The number of hydrogen-bond acceptors (Lipinski definition) is 3. The van der Waals surface area contributed by atoms with E-state index in [2.05, 4.69) is 17.6 Å². The summed E-state index contributed by atoms with van der Waals surface area (Å²) in [4.78, 5) is 5.39. The molecule has 1 aliphatic rings. The molecule has 1 fully saturated rings. The van der Waals surface area contributed by atoms with Gasteiger partial charge in [0.05, 0.1) is 12.7 Å². The van der Waals surface area contributed by atoms with Crippen molar-refractivity contribution in [2.24, 2.45) is 0 Å². The van der Waals surface area contributed by atoms with Crippen molar-refractivity contribution in [1.82, 2.24) is 5.48 Å². The van der Waals surface area contributed by atoms with Gasteiger partial charge in [-0.25, -0.2) is 0 Å². The van der Waals surface area contributed by atoms with Crippen molar-refractivity contribution >= 4 is 0 Å². The maximum Gasteiger partial charge on any atom is 0.0933 e. The lowest BCUT2D eigenvalue weighted by atomic mass is 10.1. The van der Waals surface area contributed by atoms with Crippen LogP contribution in [0, 0.1) is 0 Å². The summed E-state index contributed by atoms with van der Waals surface area (Å²) in [7, 11) is 0. The van der Waals surface area contributed by atoms with Gasteiger partial charge in [-0.1, -0.05) is 30.3 Å². The van der Waals surface area contributed by atoms with Crippen molar-refractivity contribution in [3.63, 3.8) is 0 Å². The molecule has 1 heterocycles. The van der Waals surface area contributed by atoms with Gasteiger partial charge in [0.2, 0.25) is 0 Å². The van der Waals surface area contributed by atoms with Gasteiger partial charge in [-0.15, -0.1) is 0 Å². The molecule has 1 aromatic carbocycles. The Kier molecular flexibility index (Phi) is 4.80. The molecule has 2 rings (SSSR count). The maximum absolute atomic E-state index is 5.59. The number of rotatable bonds is 5. The van der Waals surface area contributed by atoms with Crippen LogP contribution in [0.1, 0.15) is 24.8 Å². The first-order valence-electron chi connectivity index (χ1n) is 5.95. The first kappa shape index (κ1) is 11.6. The van der Waals surface area contributed by atoms with Crippen LogP contribution in [0.15, 0.2) is 30.3 Å². The van der Waals surface area contributed by atoms with Gasteiger partial charge in [0, 0.05) is 13.2 Å². The van der Waals surface area contributed by atoms with Gasteiger partial charge in [-0.2, -0.15) is 5.48 Å². The van der Waals surface area contributed by atoms with E-state index in [1.54, 1.807) is 0 Å². The zero-order valence-corrected chi connectivity index (χ0v) is 9.52. The molecule has 1 aliphatic heterocycles. The van der Waals surface area contributed by atoms with E-state index in [-0.39, 0.29) is 0 Å². The second-order valence-corrected chi connectivity index (χ2v) is 4.11. The van der Waals surface area contributed by atoms with Gasteiger partial charge in [-0.05, 0) is 24.8 Å². The molecule has 0 saturated carbocycles. The number of hydroxylamine groups is 1. The summed E-state index contributed by atoms with van der Waals surface area (Å²) in [5.41, 5.74) is 4.16. The molecule has 16 heavy (non-hydrogen) atoms. The minimum atomic E-state index is 0.324. The lowest BCUT2D eigenvalue weighted by molar-refractivity contribution is -0.0363. The van der Waals surface area contributed by atoms with Crippen LogP contribution in [0.2, 0.25) is 0 Å². The molecule has 0 aromatic heterocycles. The van der Waals surface area contributed by atoms with E-state index in [0.29, 0.717) is 12.7 Å². The second kappa shape index (κ2) is 6.63. The summed E-state index contributed by atoms with van der Waals surface area (Å²) < 4.78 is 5.59. The molecule has 1 saturated heterocycles. The van der Waals surface area contributed by atoms with E-state index in [1.165, 1.54) is 18.4 Å². The van der Waals surface area contributed by atoms with E-state index in [4.69, 9.17) is 9.57 Å². The number of nitrogens with one attached hydrogen (secondary N) is 1. The van der Waals surface area contributed by atoms with Crippen molar-refractivity contribution in [2.45, 2.75) is 32.0 Å². The molecular weight excluding hydrogens is 202 g/mol. The Hall–Kier alpha value is -0.900. The van der Waals surface area contributed by atoms with Crippen molar-refractivity contribution in [2.75, 3.05) is 13.2 Å². The molecule has 1 unspecified atom stereocenters. The summed E-state index contributed by atoms with van der Waals surface area (Å²) in [6.45, 7) is 2.28. The van der Waals surface area contributed by atoms with E-state index < -0.39 is 0 Å². The third-order valence-electron chi connectivity index (χ3n) is 2.77. The van der Waals surface area contributed by atoms with Gasteiger partial charge in [0.1, 0.15) is 0 Å². The molecule has 0 aliphatic carbocycles. The highest BCUT2D eigenvalue weighted by molar-refractivity contribution is 5.13. The summed E-state index contributed by atoms with van der Waals surface area (Å²) in [6, 6.07) is 10.1. The van der Waals surface area contributed by atoms with Crippen LogP contribution < -0.4 is 5.48 Å². The molecule has 0 radical (unpaired) electrons. The Balaban J connectivity index is 1.58. The topological polar surface area (TPSA) is 30.5 Å². The minimum Gasteiger partial charge on any atom is -0.377 e. The van der Waals surface area contributed by atoms with Crippen LogP contribution in [-0.4, -0.2) is 19.3 Å². The van der Waals surface area contributed by atoms with Crippen molar-refractivity contribution in [3.05, 3.63) is 35.9 Å². The number of ether oxygens (including phenoxy) is 1. The van der Waals surface area contributed by atoms with Crippen molar-refractivity contribution in [3.8, 4) is 0 Å². The van der Waals surface area contributed by atoms with E-state index >= 15 is 0 Å². The predicted molar refractivity (Wildman–Crippen MR) is 62.8 cm³/mol. The first-order chi connectivity index (χ1) is 7.95. The fourth-order valence-electron chi connectivity index (χ4n) is 1.83. The monoisotopic (exact) mass is 221 g/mol. The van der Waals surface area contributed by atoms with E-state index in [1.807, 2.05) is 18.2 Å². The Bertz CT molecular complexity index is 283. The summed E-state index contributed by atoms with van der Waals surface area (Å²) >= 11 is 0. The first-order valence-corrected chi connectivity index (χ1v) is 5.95. The Morgan fingerprint density at radius 1 is 1.25 bits per heavy atom. The lowest BCUT2D eigenvalue weighted by Gasteiger charge is -2.22. The zero-order chi connectivity index (χ0) is 11.1. The van der Waals surface area contributed by atoms with Crippen LogP contribution in [0.3, 0.4) is 0 Å². The minimum absolute atomic E-state index is 0.324. The van der Waals surface area contributed by atoms with Crippen molar-refractivity contribution in [1.29, 1.82) is 0 Å². The van der Waals surface area contributed by atoms with Crippen LogP contribution >= 0.6 is 0 Å². The van der Waals surface area contributed by atoms with Gasteiger partial charge < -0.3 is 4.74 Å². The fraction of sp³-hybridized carbons (Fsp3) is 0.538. The molecular formula is C13H19NO2. The van der Waals surface area contributed by atoms with Crippen LogP contribution in [0.4, 0.5) is 0 Å². The van der Waals surface area contributed by atoms with Crippen LogP contribution in [0.25, 0.3) is 0 Å². The molecule has 0 amide bonds. The van der Waals surface area contributed by atoms with E-state index in [9.17, 15) is 0 Å². The molecule has 3 nitrogen and oxygen atoms in total. The highest BCUT2D eigenvalue weighted by atomic mass is 16.6. The smallest absolute Gasteiger partial charge is 0.0933 e. The predicted octanol–water partition coefficient (Wildman–Crippen LogP) is 2.28. The standard InChI is InChI=1S/C13H19NO2/c1-2-6-12(7-3-1)11-16-14-10-13-8-4-5-9-15-13/h1-3,6-7,13-14H,4-5,8-11H2. The Morgan fingerprint density at radius 3 is 2.88 bits per heavy atom. The molecule has 0 bridgehead atoms. The Morgan fingerprint density at radius 2 is 2.12 bits per heavy atom. The maximum atomic E-state index is 5.59. The quantitative estimate of drug-likeness (QED) is 0.611. The number of hydrogen-bond donors (Lipinski definition) is 1. The third kappa shape index (κ3) is 3.93. The zero-order valence-electron chi connectivity index (χ0n) is 9.52. The second-order valence-electron chi connectivity index (χ2n) is 4.11. The van der Waals surface area contributed by atoms with Gasteiger partial charge >= 0.3 is 0 Å². The molecule has 3 heteroatoms. The molecule has 1 atom stereocenters. The third-order valence-corrected chi connectivity index (χ3v) is 2.77. The van der Waals surface area contributed by atoms with Crippen LogP contribution in [-0.2, 0) is 16.2 Å². The fourth-order valence-corrected chi connectivity index (χ4v) is 1.83. The van der Waals surface area contributed by atoms with Crippen molar-refractivity contribution < 1.29 is 9.57 Å². The Labute approximate surface area is 96.7 Å². The van der Waals surface area contributed by atoms with Gasteiger partial charge in [0.15, 0.2) is 0 Å². The average Bonchev–Trinajstić information content (AvgIpc) is 2.37. The summed E-state index contributed by atoms with van der Waals surface area (Å²) in [5, 5.41) is 0. The lowest BCUT2D eigenvalue weighted by Crippen LogP contribution is -2.31. The summed E-state index contributed by atoms with van der Waals surface area (Å²) in [6.07, 6.45) is 3.93. The highest BCUT2D eigenvalue weighted by Gasteiger charge is 2.12. The SMILES string of the molecule is c1ccc(CONCC2CCCCO2)cc1. The van der Waals surface area contributed by atoms with E-state index in [0.717, 1.165) is 19.6 Å². The normalized spacial score (nSPS) is 20.9. The molecule has 1 N–H and O–H groups in total.